The maximum absolute atomic E-state index is 12.8. The fraction of sp³-hybridized carbons (Fsp3) is 0.167. The third-order valence-electron chi connectivity index (χ3n) is 4.21. The van der Waals surface area contributed by atoms with Crippen molar-refractivity contribution >= 4 is 26.6 Å². The number of hydrogen-bond acceptors (Lipinski definition) is 7. The standard InChI is InChI=1S/C18H17N3O6S/c22-11-15(18(23)13-6-8-14(9-7-13)21(24)25)20-28(26,27)16-5-1-3-12-4-2-10-19-17(12)16/h1-10,15,18,20,22-23H,11H2/t15-,18+/m1/s1. The smallest absolute Gasteiger partial charge is 0.269 e. The van der Waals surface area contributed by atoms with E-state index in [1.54, 1.807) is 24.3 Å². The molecule has 0 fully saturated rings. The van der Waals surface area contributed by atoms with Crippen molar-refractivity contribution in [3.8, 4) is 0 Å². The predicted octanol–water partition coefficient (Wildman–Crippen LogP) is 1.52. The van der Waals surface area contributed by atoms with Gasteiger partial charge in [0.2, 0.25) is 10.0 Å². The number of para-hydroxylation sites is 1. The summed E-state index contributed by atoms with van der Waals surface area (Å²) in [4.78, 5) is 14.2. The van der Waals surface area contributed by atoms with E-state index in [4.69, 9.17) is 0 Å². The number of nitro benzene ring substituents is 1. The molecule has 9 nitrogen and oxygen atoms in total. The molecule has 0 bridgehead atoms. The Morgan fingerprint density at radius 1 is 1.11 bits per heavy atom. The zero-order valence-electron chi connectivity index (χ0n) is 14.5. The van der Waals surface area contributed by atoms with Gasteiger partial charge in [-0.2, -0.15) is 0 Å². The number of aliphatic hydroxyl groups is 2. The maximum atomic E-state index is 12.8. The van der Waals surface area contributed by atoms with Crippen molar-refractivity contribution in [2.24, 2.45) is 0 Å². The highest BCUT2D eigenvalue weighted by molar-refractivity contribution is 7.89. The van der Waals surface area contributed by atoms with Gasteiger partial charge in [0.25, 0.3) is 5.69 Å². The summed E-state index contributed by atoms with van der Waals surface area (Å²) >= 11 is 0. The summed E-state index contributed by atoms with van der Waals surface area (Å²) in [5.74, 6) is 0. The van der Waals surface area contributed by atoms with E-state index < -0.39 is 33.7 Å². The Labute approximate surface area is 160 Å². The maximum Gasteiger partial charge on any atom is 0.269 e. The first-order chi connectivity index (χ1) is 13.3. The van der Waals surface area contributed by atoms with Crippen LogP contribution in [0.25, 0.3) is 10.9 Å². The third kappa shape index (κ3) is 3.99. The zero-order chi connectivity index (χ0) is 20.3. The van der Waals surface area contributed by atoms with Gasteiger partial charge in [0.05, 0.1) is 29.2 Å². The van der Waals surface area contributed by atoms with Gasteiger partial charge in [0.15, 0.2) is 0 Å². The van der Waals surface area contributed by atoms with Crippen molar-refractivity contribution in [1.82, 2.24) is 9.71 Å². The normalized spacial score (nSPS) is 13.9. The molecule has 3 rings (SSSR count). The molecule has 0 saturated carbocycles. The summed E-state index contributed by atoms with van der Waals surface area (Å²) in [6, 6.07) is 11.8. The lowest BCUT2D eigenvalue weighted by molar-refractivity contribution is -0.384. The van der Waals surface area contributed by atoms with Gasteiger partial charge in [-0.1, -0.05) is 18.2 Å². The van der Waals surface area contributed by atoms with Crippen molar-refractivity contribution in [1.29, 1.82) is 0 Å². The van der Waals surface area contributed by atoms with Crippen molar-refractivity contribution in [3.63, 3.8) is 0 Å². The number of nitro groups is 1. The van der Waals surface area contributed by atoms with Gasteiger partial charge < -0.3 is 10.2 Å². The van der Waals surface area contributed by atoms with E-state index in [9.17, 15) is 28.7 Å². The van der Waals surface area contributed by atoms with E-state index in [-0.39, 0.29) is 21.7 Å². The number of pyridine rings is 1. The lowest BCUT2D eigenvalue weighted by atomic mass is 10.0. The van der Waals surface area contributed by atoms with E-state index in [1.165, 1.54) is 36.5 Å². The largest absolute Gasteiger partial charge is 0.395 e. The fourth-order valence-electron chi connectivity index (χ4n) is 2.78. The molecule has 0 spiro atoms. The van der Waals surface area contributed by atoms with Crippen LogP contribution in [0.2, 0.25) is 0 Å². The van der Waals surface area contributed by atoms with Crippen LogP contribution in [-0.4, -0.2) is 41.2 Å². The number of hydrogen-bond donors (Lipinski definition) is 3. The molecule has 146 valence electrons. The molecule has 1 heterocycles. The number of aromatic nitrogens is 1. The molecule has 0 amide bonds. The number of benzene rings is 2. The van der Waals surface area contributed by atoms with Crippen LogP contribution in [0.5, 0.6) is 0 Å². The summed E-state index contributed by atoms with van der Waals surface area (Å²) < 4.78 is 27.9. The van der Waals surface area contributed by atoms with Crippen LogP contribution in [0, 0.1) is 10.1 Å². The van der Waals surface area contributed by atoms with Crippen LogP contribution in [-0.2, 0) is 10.0 Å². The van der Waals surface area contributed by atoms with Crippen LogP contribution in [0.3, 0.4) is 0 Å². The van der Waals surface area contributed by atoms with E-state index in [2.05, 4.69) is 9.71 Å². The Bertz CT molecular complexity index is 1100. The number of sulfonamides is 1. The molecule has 2 atom stereocenters. The molecule has 1 aromatic heterocycles. The molecular formula is C18H17N3O6S. The number of aliphatic hydroxyl groups excluding tert-OH is 2. The number of rotatable bonds is 7. The molecule has 0 aliphatic carbocycles. The number of nitrogens with zero attached hydrogens (tertiary/aromatic N) is 2. The van der Waals surface area contributed by atoms with Crippen molar-refractivity contribution in [2.75, 3.05) is 6.61 Å². The molecule has 2 aromatic carbocycles. The molecule has 0 saturated heterocycles. The zero-order valence-corrected chi connectivity index (χ0v) is 15.3. The molecule has 0 unspecified atom stereocenters. The second-order valence-electron chi connectivity index (χ2n) is 6.04. The van der Waals surface area contributed by atoms with Gasteiger partial charge in [-0.3, -0.25) is 15.1 Å². The van der Waals surface area contributed by atoms with Crippen LogP contribution in [0.4, 0.5) is 5.69 Å². The molecule has 3 aromatic rings. The van der Waals surface area contributed by atoms with Gasteiger partial charge >= 0.3 is 0 Å². The monoisotopic (exact) mass is 403 g/mol. The molecular weight excluding hydrogens is 386 g/mol. The Hall–Kier alpha value is -2.92. The Kier molecular flexibility index (Phi) is 5.66. The molecule has 0 aliphatic rings. The van der Waals surface area contributed by atoms with Gasteiger partial charge in [-0.05, 0) is 29.8 Å². The number of non-ortho nitro benzene ring substituents is 1. The second-order valence-corrected chi connectivity index (χ2v) is 7.72. The van der Waals surface area contributed by atoms with Crippen LogP contribution >= 0.6 is 0 Å². The second kappa shape index (κ2) is 7.98. The molecule has 10 heteroatoms. The summed E-state index contributed by atoms with van der Waals surface area (Å²) in [6.45, 7) is -0.685. The predicted molar refractivity (Wildman–Crippen MR) is 101 cm³/mol. The van der Waals surface area contributed by atoms with Crippen LogP contribution < -0.4 is 4.72 Å². The minimum absolute atomic E-state index is 0.0834. The quantitative estimate of drug-likeness (QED) is 0.401. The van der Waals surface area contributed by atoms with E-state index >= 15 is 0 Å². The summed E-state index contributed by atoms with van der Waals surface area (Å²) in [6.07, 6.45) is 0.0554. The SMILES string of the molecule is O=[N+]([O-])c1ccc([C@H](O)[C@@H](CO)NS(=O)(=O)c2cccc3cccnc23)cc1. The third-order valence-corrected chi connectivity index (χ3v) is 5.74. The van der Waals surface area contributed by atoms with E-state index in [1.807, 2.05) is 0 Å². The van der Waals surface area contributed by atoms with Crippen molar-refractivity contribution in [3.05, 3.63) is 76.5 Å². The lowest BCUT2D eigenvalue weighted by Gasteiger charge is -2.22. The van der Waals surface area contributed by atoms with Gasteiger partial charge in [0.1, 0.15) is 4.90 Å². The fourth-order valence-corrected chi connectivity index (χ4v) is 4.19. The van der Waals surface area contributed by atoms with Crippen LogP contribution in [0.1, 0.15) is 11.7 Å². The highest BCUT2D eigenvalue weighted by Gasteiger charge is 2.28. The van der Waals surface area contributed by atoms with Gasteiger partial charge in [0, 0.05) is 23.7 Å². The molecule has 0 aliphatic heterocycles. The topological polar surface area (TPSA) is 143 Å². The van der Waals surface area contributed by atoms with Gasteiger partial charge in [-0.25, -0.2) is 13.1 Å². The van der Waals surface area contributed by atoms with E-state index in [0.717, 1.165) is 0 Å². The first-order valence-electron chi connectivity index (χ1n) is 8.23. The Balaban J connectivity index is 1.89. The molecule has 28 heavy (non-hydrogen) atoms. The van der Waals surface area contributed by atoms with Crippen LogP contribution in [0.15, 0.2) is 65.7 Å². The minimum atomic E-state index is -4.11. The molecule has 0 radical (unpaired) electrons. The highest BCUT2D eigenvalue weighted by Crippen LogP contribution is 2.24. The average molecular weight is 403 g/mol. The minimum Gasteiger partial charge on any atom is -0.395 e. The summed E-state index contributed by atoms with van der Waals surface area (Å²) in [5.41, 5.74) is 0.321. The summed E-state index contributed by atoms with van der Waals surface area (Å²) in [7, 11) is -4.11. The Morgan fingerprint density at radius 3 is 2.43 bits per heavy atom. The average Bonchev–Trinajstić information content (AvgIpc) is 2.71. The van der Waals surface area contributed by atoms with E-state index in [0.29, 0.717) is 5.39 Å². The lowest BCUT2D eigenvalue weighted by Crippen LogP contribution is -2.42. The molecule has 3 N–H and O–H groups in total. The number of fused-ring (bicyclic) bond motifs is 1. The first kappa shape index (κ1) is 19.8. The Morgan fingerprint density at radius 2 is 1.79 bits per heavy atom. The van der Waals surface area contributed by atoms with Gasteiger partial charge in [-0.15, -0.1) is 0 Å². The number of nitrogens with one attached hydrogen (secondary N) is 1. The highest BCUT2D eigenvalue weighted by atomic mass is 32.2. The first-order valence-corrected chi connectivity index (χ1v) is 9.71. The van der Waals surface area contributed by atoms with Crippen molar-refractivity contribution in [2.45, 2.75) is 17.0 Å². The summed E-state index contributed by atoms with van der Waals surface area (Å²) in [5, 5.41) is 31.4. The van der Waals surface area contributed by atoms with Crippen molar-refractivity contribution < 1.29 is 23.6 Å².